The summed E-state index contributed by atoms with van der Waals surface area (Å²) in [4.78, 5) is 48.5. The molecule has 1 saturated heterocycles. The second kappa shape index (κ2) is 8.48. The Balaban J connectivity index is 1.70. The summed E-state index contributed by atoms with van der Waals surface area (Å²) in [5.74, 6) is -2.45. The van der Waals surface area contributed by atoms with Gasteiger partial charge in [-0.1, -0.05) is 18.2 Å². The highest BCUT2D eigenvalue weighted by molar-refractivity contribution is 7.80. The zero-order valence-electron chi connectivity index (χ0n) is 16.6. The Morgan fingerprint density at radius 1 is 1.12 bits per heavy atom. The first-order chi connectivity index (χ1) is 15.8. The highest BCUT2D eigenvalue weighted by Gasteiger charge is 2.35. The van der Waals surface area contributed by atoms with Gasteiger partial charge in [-0.05, 0) is 54.7 Å². The molecule has 0 atom stereocenters. The first-order valence-electron chi connectivity index (χ1n) is 9.34. The number of amides is 2. The van der Waals surface area contributed by atoms with Crippen LogP contribution in [0.15, 0.2) is 70.7 Å². The van der Waals surface area contributed by atoms with Crippen LogP contribution in [0.1, 0.15) is 16.1 Å². The van der Waals surface area contributed by atoms with Crippen LogP contribution in [0.2, 0.25) is 0 Å². The number of carbonyl (C=O) groups excluding carboxylic acids is 2. The molecule has 3 aromatic rings. The molecule has 1 aliphatic rings. The van der Waals surface area contributed by atoms with Gasteiger partial charge < -0.3 is 9.52 Å². The van der Waals surface area contributed by atoms with E-state index in [1.54, 1.807) is 6.07 Å². The number of carboxylic acid groups (broad SMARTS) is 1. The number of thiocarbonyl (C=S) groups is 1. The first kappa shape index (κ1) is 21.6. The molecular weight excluding hydrogens is 450 g/mol. The van der Waals surface area contributed by atoms with E-state index in [1.807, 2.05) is 0 Å². The van der Waals surface area contributed by atoms with Gasteiger partial charge in [0.05, 0.1) is 21.7 Å². The maximum absolute atomic E-state index is 13.1. The fraction of sp³-hybridized carbons (Fsp3) is 0. The fourth-order valence-corrected chi connectivity index (χ4v) is 3.51. The van der Waals surface area contributed by atoms with E-state index >= 15 is 0 Å². The molecule has 0 saturated carbocycles. The van der Waals surface area contributed by atoms with Crippen LogP contribution >= 0.6 is 12.2 Å². The molecule has 0 aliphatic carbocycles. The number of anilines is 1. The van der Waals surface area contributed by atoms with Gasteiger partial charge in [-0.15, -0.1) is 0 Å². The van der Waals surface area contributed by atoms with Crippen molar-refractivity contribution in [1.82, 2.24) is 5.32 Å². The largest absolute Gasteiger partial charge is 0.478 e. The van der Waals surface area contributed by atoms with Crippen molar-refractivity contribution in [2.45, 2.75) is 0 Å². The van der Waals surface area contributed by atoms with E-state index in [0.29, 0.717) is 0 Å². The number of hydrogen-bond acceptors (Lipinski definition) is 7. The zero-order valence-corrected chi connectivity index (χ0v) is 17.4. The second-order valence-corrected chi connectivity index (χ2v) is 7.18. The van der Waals surface area contributed by atoms with Crippen LogP contribution < -0.4 is 10.2 Å². The Labute approximate surface area is 190 Å². The summed E-state index contributed by atoms with van der Waals surface area (Å²) in [5.41, 5.74) is -0.137. The normalized spacial score (nSPS) is 15.0. The smallest absolute Gasteiger partial charge is 0.335 e. The Bertz CT molecular complexity index is 1380. The van der Waals surface area contributed by atoms with Gasteiger partial charge in [-0.25, -0.2) is 4.79 Å². The first-order valence-corrected chi connectivity index (χ1v) is 9.75. The van der Waals surface area contributed by atoms with Crippen LogP contribution in [0.4, 0.5) is 11.4 Å². The average molecular weight is 463 g/mol. The molecule has 4 rings (SSSR count). The quantitative estimate of drug-likeness (QED) is 0.193. The molecule has 33 heavy (non-hydrogen) atoms. The summed E-state index contributed by atoms with van der Waals surface area (Å²) in [7, 11) is 0. The van der Waals surface area contributed by atoms with E-state index in [2.05, 4.69) is 5.32 Å². The van der Waals surface area contributed by atoms with Crippen LogP contribution in [-0.4, -0.2) is 32.9 Å². The topological polar surface area (TPSA) is 143 Å². The third kappa shape index (κ3) is 4.12. The third-order valence-corrected chi connectivity index (χ3v) is 5.02. The number of carbonyl (C=O) groups is 3. The highest BCUT2D eigenvalue weighted by Crippen LogP contribution is 2.32. The van der Waals surface area contributed by atoms with Crippen LogP contribution in [-0.2, 0) is 9.59 Å². The molecule has 11 heteroatoms. The lowest BCUT2D eigenvalue weighted by atomic mass is 10.1. The van der Waals surface area contributed by atoms with E-state index in [4.69, 9.17) is 16.6 Å². The molecule has 0 bridgehead atoms. The van der Waals surface area contributed by atoms with E-state index in [9.17, 15) is 29.6 Å². The van der Waals surface area contributed by atoms with Gasteiger partial charge in [0.25, 0.3) is 17.5 Å². The number of nitro groups is 1. The summed E-state index contributed by atoms with van der Waals surface area (Å²) in [5, 5.41) is 22.7. The van der Waals surface area contributed by atoms with Crippen LogP contribution in [0.5, 0.6) is 0 Å². The van der Waals surface area contributed by atoms with Gasteiger partial charge in [-0.3, -0.25) is 29.9 Å². The van der Waals surface area contributed by atoms with E-state index in [1.165, 1.54) is 60.7 Å². The van der Waals surface area contributed by atoms with Gasteiger partial charge in [0, 0.05) is 6.07 Å². The minimum atomic E-state index is -1.19. The fourth-order valence-electron chi connectivity index (χ4n) is 3.23. The number of para-hydroxylation sites is 1. The molecule has 0 spiro atoms. The summed E-state index contributed by atoms with van der Waals surface area (Å²) >= 11 is 5.11. The number of hydrogen-bond donors (Lipinski definition) is 2. The number of furan rings is 1. The average Bonchev–Trinajstić information content (AvgIpc) is 3.25. The van der Waals surface area contributed by atoms with Crippen molar-refractivity contribution in [1.29, 1.82) is 0 Å². The van der Waals surface area contributed by atoms with Gasteiger partial charge in [0.15, 0.2) is 5.11 Å². The second-order valence-electron chi connectivity index (χ2n) is 6.79. The highest BCUT2D eigenvalue weighted by atomic mass is 32.1. The molecule has 0 unspecified atom stereocenters. The maximum Gasteiger partial charge on any atom is 0.335 e. The molecule has 2 N–H and O–H groups in total. The van der Waals surface area contributed by atoms with Crippen molar-refractivity contribution >= 4 is 52.6 Å². The maximum atomic E-state index is 13.1. The van der Waals surface area contributed by atoms with Crippen molar-refractivity contribution in [3.8, 4) is 11.3 Å². The summed E-state index contributed by atoms with van der Waals surface area (Å²) in [6.45, 7) is 0. The number of benzene rings is 2. The minimum absolute atomic E-state index is 0.0642. The zero-order chi connectivity index (χ0) is 23.7. The van der Waals surface area contributed by atoms with Crippen molar-refractivity contribution in [3.63, 3.8) is 0 Å². The molecule has 1 aliphatic heterocycles. The van der Waals surface area contributed by atoms with Gasteiger partial charge in [-0.2, -0.15) is 0 Å². The van der Waals surface area contributed by atoms with E-state index < -0.39 is 22.7 Å². The lowest BCUT2D eigenvalue weighted by Gasteiger charge is -2.28. The lowest BCUT2D eigenvalue weighted by Crippen LogP contribution is -2.54. The van der Waals surface area contributed by atoms with Crippen molar-refractivity contribution < 1.29 is 28.8 Å². The Hall–Kier alpha value is -4.64. The van der Waals surface area contributed by atoms with Crippen LogP contribution in [0.25, 0.3) is 17.4 Å². The molecule has 1 aromatic heterocycles. The Morgan fingerprint density at radius 2 is 1.88 bits per heavy atom. The number of aromatic carboxylic acids is 1. The van der Waals surface area contributed by atoms with Crippen molar-refractivity contribution in [2.75, 3.05) is 4.90 Å². The van der Waals surface area contributed by atoms with Crippen LogP contribution in [0.3, 0.4) is 0 Å². The van der Waals surface area contributed by atoms with Crippen molar-refractivity contribution in [2.24, 2.45) is 0 Å². The lowest BCUT2D eigenvalue weighted by molar-refractivity contribution is -0.384. The predicted octanol–water partition coefficient (Wildman–Crippen LogP) is 3.38. The van der Waals surface area contributed by atoms with Gasteiger partial charge in [0.2, 0.25) is 0 Å². The van der Waals surface area contributed by atoms with Crippen LogP contribution in [0, 0.1) is 10.1 Å². The SMILES string of the molecule is O=C1NC(=S)N(c2cccc(C(=O)O)c2)C(=O)C1=Cc1ccc(-c2ccccc2[N+](=O)[O-])o1. The summed E-state index contributed by atoms with van der Waals surface area (Å²) < 4.78 is 5.64. The van der Waals surface area contributed by atoms with E-state index in [0.717, 1.165) is 4.90 Å². The number of carboxylic acids is 1. The number of nitro benzene ring substituents is 1. The molecule has 0 radical (unpaired) electrons. The standard InChI is InChI=1S/C22H13N3O7S/c26-19-16(11-14-8-9-18(32-14)15-6-1-2-7-17(15)25(30)31)20(27)24(22(33)23-19)13-5-3-4-12(10-13)21(28)29/h1-11H,(H,28,29)(H,23,26,33). The van der Waals surface area contributed by atoms with Gasteiger partial charge in [0.1, 0.15) is 17.1 Å². The molecular formula is C22H13N3O7S. The number of rotatable bonds is 5. The molecule has 2 heterocycles. The summed E-state index contributed by atoms with van der Waals surface area (Å²) in [6.07, 6.45) is 1.19. The van der Waals surface area contributed by atoms with Gasteiger partial charge >= 0.3 is 5.97 Å². The predicted molar refractivity (Wildman–Crippen MR) is 120 cm³/mol. The molecule has 164 valence electrons. The number of nitrogens with one attached hydrogen (secondary N) is 1. The monoisotopic (exact) mass is 463 g/mol. The number of nitrogens with zero attached hydrogens (tertiary/aromatic N) is 2. The molecule has 10 nitrogen and oxygen atoms in total. The van der Waals surface area contributed by atoms with E-state index in [-0.39, 0.29) is 44.7 Å². The molecule has 2 aromatic carbocycles. The summed E-state index contributed by atoms with van der Waals surface area (Å²) in [6, 6.07) is 14.5. The molecule has 2 amide bonds. The Kier molecular flexibility index (Phi) is 5.54. The Morgan fingerprint density at radius 3 is 2.61 bits per heavy atom. The minimum Gasteiger partial charge on any atom is -0.478 e. The molecule has 1 fully saturated rings. The third-order valence-electron chi connectivity index (χ3n) is 4.73. The van der Waals surface area contributed by atoms with Crippen molar-refractivity contribution in [3.05, 3.63) is 87.7 Å².